The van der Waals surface area contributed by atoms with E-state index in [2.05, 4.69) is 4.90 Å². The van der Waals surface area contributed by atoms with E-state index in [1.165, 1.54) is 6.20 Å². The molecule has 0 bridgehead atoms. The number of ether oxygens (including phenoxy) is 1. The monoisotopic (exact) mass is 357 g/mol. The van der Waals surface area contributed by atoms with Crippen molar-refractivity contribution in [2.45, 2.75) is 58.2 Å². The molecule has 0 aromatic carbocycles. The van der Waals surface area contributed by atoms with Crippen LogP contribution >= 0.6 is 0 Å². The van der Waals surface area contributed by atoms with Gasteiger partial charge in [0.15, 0.2) is 11.6 Å². The van der Waals surface area contributed by atoms with E-state index in [4.69, 9.17) is 9.72 Å². The third-order valence-corrected chi connectivity index (χ3v) is 5.30. The third-order valence-electron chi connectivity index (χ3n) is 5.30. The van der Waals surface area contributed by atoms with Crippen molar-refractivity contribution < 1.29 is 14.6 Å². The van der Waals surface area contributed by atoms with Crippen LogP contribution in [0.4, 0.5) is 5.82 Å². The average molecular weight is 357 g/mol. The summed E-state index contributed by atoms with van der Waals surface area (Å²) in [6, 6.07) is 1.96. The fourth-order valence-electron chi connectivity index (χ4n) is 4.00. The van der Waals surface area contributed by atoms with Crippen LogP contribution in [0.5, 0.6) is 5.75 Å². The molecule has 0 amide bonds. The Balaban J connectivity index is 2.06. The summed E-state index contributed by atoms with van der Waals surface area (Å²) in [6.45, 7) is 8.82. The van der Waals surface area contributed by atoms with E-state index >= 15 is 0 Å². The van der Waals surface area contributed by atoms with Gasteiger partial charge >= 0.3 is 5.97 Å². The number of carboxylic acid groups (broad SMARTS) is 1. The molecule has 0 aliphatic carbocycles. The maximum Gasteiger partial charge on any atom is 0.341 e. The predicted octanol–water partition coefficient (Wildman–Crippen LogP) is 2.60. The highest BCUT2D eigenvalue weighted by Crippen LogP contribution is 2.40. The SMILES string of the molecule is C[C@H]1Oc2cc3c(=O)c(C(=O)O)cn(C(C)(C)C)c3nc2N2CCC[C@@H]12. The molecule has 2 atom stereocenters. The molecule has 2 aliphatic heterocycles. The Kier molecular flexibility index (Phi) is 3.54. The second kappa shape index (κ2) is 5.46. The largest absolute Gasteiger partial charge is 0.485 e. The molecule has 7 nitrogen and oxygen atoms in total. The summed E-state index contributed by atoms with van der Waals surface area (Å²) in [5.41, 5.74) is -0.708. The molecule has 2 aromatic rings. The first-order valence-electron chi connectivity index (χ1n) is 8.96. The van der Waals surface area contributed by atoms with E-state index in [0.29, 0.717) is 17.4 Å². The fraction of sp³-hybridized carbons (Fsp3) is 0.526. The first-order valence-corrected chi connectivity index (χ1v) is 8.96. The number of anilines is 1. The Bertz CT molecular complexity index is 973. The van der Waals surface area contributed by atoms with Crippen LogP contribution in [0.2, 0.25) is 0 Å². The summed E-state index contributed by atoms with van der Waals surface area (Å²) in [6.07, 6.45) is 3.56. The Labute approximate surface area is 151 Å². The van der Waals surface area contributed by atoms with Crippen LogP contribution in [0.25, 0.3) is 11.0 Å². The van der Waals surface area contributed by atoms with Crippen molar-refractivity contribution in [1.29, 1.82) is 0 Å². The number of hydrogen-bond donors (Lipinski definition) is 1. The van der Waals surface area contributed by atoms with Crippen molar-refractivity contribution in [3.05, 3.63) is 28.0 Å². The number of fused-ring (bicyclic) bond motifs is 4. The molecule has 1 saturated heterocycles. The maximum absolute atomic E-state index is 12.7. The van der Waals surface area contributed by atoms with E-state index in [0.717, 1.165) is 25.2 Å². The summed E-state index contributed by atoms with van der Waals surface area (Å²) in [5, 5.41) is 9.73. The van der Waals surface area contributed by atoms with Gasteiger partial charge in [0.25, 0.3) is 0 Å². The van der Waals surface area contributed by atoms with Gasteiger partial charge in [-0.25, -0.2) is 9.78 Å². The molecular formula is C19H23N3O4. The van der Waals surface area contributed by atoms with Gasteiger partial charge in [-0.15, -0.1) is 0 Å². The molecule has 0 saturated carbocycles. The Morgan fingerprint density at radius 1 is 1.38 bits per heavy atom. The van der Waals surface area contributed by atoms with Gasteiger partial charge in [0.1, 0.15) is 17.3 Å². The van der Waals surface area contributed by atoms with Crippen LogP contribution in [-0.2, 0) is 5.54 Å². The van der Waals surface area contributed by atoms with Crippen molar-refractivity contribution in [2.75, 3.05) is 11.4 Å². The topological polar surface area (TPSA) is 84.7 Å². The first-order chi connectivity index (χ1) is 12.2. The summed E-state index contributed by atoms with van der Waals surface area (Å²) in [7, 11) is 0. The lowest BCUT2D eigenvalue weighted by Crippen LogP contribution is -2.45. The van der Waals surface area contributed by atoms with E-state index in [1.807, 2.05) is 27.7 Å². The highest BCUT2D eigenvalue weighted by Gasteiger charge is 2.38. The zero-order chi connectivity index (χ0) is 18.8. The van der Waals surface area contributed by atoms with Crippen molar-refractivity contribution in [2.24, 2.45) is 0 Å². The number of aromatic nitrogens is 2. The molecule has 0 radical (unpaired) electrons. The fourth-order valence-corrected chi connectivity index (χ4v) is 4.00. The van der Waals surface area contributed by atoms with Crippen LogP contribution in [0, 0.1) is 0 Å². The average Bonchev–Trinajstić information content (AvgIpc) is 3.03. The molecular weight excluding hydrogens is 334 g/mol. The first kappa shape index (κ1) is 16.9. The number of pyridine rings is 2. The van der Waals surface area contributed by atoms with Gasteiger partial charge in [0.2, 0.25) is 5.43 Å². The van der Waals surface area contributed by atoms with Crippen molar-refractivity contribution >= 4 is 22.8 Å². The van der Waals surface area contributed by atoms with Gasteiger partial charge in [0, 0.05) is 18.3 Å². The van der Waals surface area contributed by atoms with E-state index in [1.54, 1.807) is 10.6 Å². The van der Waals surface area contributed by atoms with Crippen LogP contribution in [0.3, 0.4) is 0 Å². The number of hydrogen-bond acceptors (Lipinski definition) is 5. The van der Waals surface area contributed by atoms with Crippen molar-refractivity contribution in [1.82, 2.24) is 9.55 Å². The van der Waals surface area contributed by atoms with E-state index in [-0.39, 0.29) is 17.1 Å². The molecule has 1 N–H and O–H groups in total. The molecule has 26 heavy (non-hydrogen) atoms. The molecule has 2 aromatic heterocycles. The van der Waals surface area contributed by atoms with Crippen molar-refractivity contribution in [3.63, 3.8) is 0 Å². The van der Waals surface area contributed by atoms with Gasteiger partial charge in [0.05, 0.1) is 11.4 Å². The van der Waals surface area contributed by atoms with Crippen molar-refractivity contribution in [3.8, 4) is 5.75 Å². The van der Waals surface area contributed by atoms with Gasteiger partial charge in [-0.05, 0) is 46.6 Å². The molecule has 4 rings (SSSR count). The quantitative estimate of drug-likeness (QED) is 0.844. The van der Waals surface area contributed by atoms with Crippen LogP contribution < -0.4 is 15.1 Å². The summed E-state index contributed by atoms with van der Waals surface area (Å²) in [4.78, 5) is 31.3. The number of nitrogens with zero attached hydrogens (tertiary/aromatic N) is 3. The lowest BCUT2D eigenvalue weighted by molar-refractivity contribution is 0.0694. The minimum atomic E-state index is -1.23. The Morgan fingerprint density at radius 3 is 2.77 bits per heavy atom. The summed E-state index contributed by atoms with van der Waals surface area (Å²) < 4.78 is 7.81. The minimum absolute atomic E-state index is 0.0109. The van der Waals surface area contributed by atoms with E-state index in [9.17, 15) is 14.7 Å². The van der Waals surface area contributed by atoms with Gasteiger partial charge in [-0.1, -0.05) is 0 Å². The van der Waals surface area contributed by atoms with Crippen LogP contribution in [-0.4, -0.2) is 39.3 Å². The highest BCUT2D eigenvalue weighted by molar-refractivity contribution is 5.92. The standard InChI is InChI=1S/C19H23N3O4/c1-10-13-6-5-7-21(13)17-14(26-10)8-11-15(23)12(18(24)25)9-22(16(11)20-17)19(2,3)4/h8-10,13H,5-7H2,1-4H3,(H,24,25)/t10-,13+/m1/s1. The number of rotatable bonds is 1. The normalized spacial score (nSPS) is 22.1. The number of aromatic carboxylic acids is 1. The smallest absolute Gasteiger partial charge is 0.341 e. The lowest BCUT2D eigenvalue weighted by Gasteiger charge is -2.37. The Morgan fingerprint density at radius 2 is 2.12 bits per heavy atom. The highest BCUT2D eigenvalue weighted by atomic mass is 16.5. The number of carboxylic acids is 1. The zero-order valence-electron chi connectivity index (χ0n) is 15.4. The molecule has 2 aliphatic rings. The molecule has 138 valence electrons. The summed E-state index contributed by atoms with van der Waals surface area (Å²) in [5.74, 6) is 0.0725. The molecule has 0 spiro atoms. The Hall–Kier alpha value is -2.57. The van der Waals surface area contributed by atoms with E-state index < -0.39 is 16.9 Å². The van der Waals surface area contributed by atoms with Gasteiger partial charge in [-0.3, -0.25) is 4.79 Å². The minimum Gasteiger partial charge on any atom is -0.485 e. The maximum atomic E-state index is 12.7. The van der Waals surface area contributed by atoms with Crippen LogP contribution in [0.15, 0.2) is 17.1 Å². The predicted molar refractivity (Wildman–Crippen MR) is 98.4 cm³/mol. The van der Waals surface area contributed by atoms with Gasteiger partial charge in [-0.2, -0.15) is 0 Å². The number of carbonyl (C=O) groups is 1. The second-order valence-corrected chi connectivity index (χ2v) is 8.13. The molecule has 1 fully saturated rings. The molecule has 7 heteroatoms. The molecule has 0 unspecified atom stereocenters. The third kappa shape index (κ3) is 2.37. The van der Waals surface area contributed by atoms with Gasteiger partial charge < -0.3 is 19.3 Å². The lowest BCUT2D eigenvalue weighted by atomic mass is 10.1. The summed E-state index contributed by atoms with van der Waals surface area (Å²) >= 11 is 0. The second-order valence-electron chi connectivity index (χ2n) is 8.13. The zero-order valence-corrected chi connectivity index (χ0v) is 15.4. The van der Waals surface area contributed by atoms with Crippen LogP contribution in [0.1, 0.15) is 50.9 Å². The molecule has 4 heterocycles.